The highest BCUT2D eigenvalue weighted by Crippen LogP contribution is 2.62. The fourth-order valence-electron chi connectivity index (χ4n) is 8.09. The van der Waals surface area contributed by atoms with E-state index in [9.17, 15) is 19.5 Å². The van der Waals surface area contributed by atoms with Gasteiger partial charge in [-0.15, -0.1) is 0 Å². The summed E-state index contributed by atoms with van der Waals surface area (Å²) in [5.41, 5.74) is -1.69. The number of carbonyl (C=O) groups is 3. The second-order valence-electron chi connectivity index (χ2n) is 14.0. The summed E-state index contributed by atoms with van der Waals surface area (Å²) in [6.45, 7) is 10.1. The number of Topliss-reactive ketones (excluding diaryl/α,β-unsaturated/α-hetero) is 2. The van der Waals surface area contributed by atoms with Gasteiger partial charge in [-0.05, 0) is 63.9 Å². The Morgan fingerprint density at radius 1 is 1.18 bits per heavy atom. The number of nitrogens with two attached hydrogens (primary N) is 3. The Balaban J connectivity index is 1.51. The van der Waals surface area contributed by atoms with E-state index in [4.69, 9.17) is 9.47 Å². The van der Waals surface area contributed by atoms with E-state index in [1.807, 2.05) is 6.92 Å². The van der Waals surface area contributed by atoms with Crippen molar-refractivity contribution in [1.82, 2.24) is 5.32 Å². The first-order valence-corrected chi connectivity index (χ1v) is 17.7. The Morgan fingerprint density at radius 3 is 2.61 bits per heavy atom. The lowest BCUT2D eigenvalue weighted by molar-refractivity contribution is -0.716. The van der Waals surface area contributed by atoms with Crippen molar-refractivity contribution in [1.29, 1.82) is 0 Å². The summed E-state index contributed by atoms with van der Waals surface area (Å²) in [5.74, 6) is -1.24. The molecule has 8 N–H and O–H groups in total. The van der Waals surface area contributed by atoms with Crippen LogP contribution in [0.5, 0.6) is 0 Å². The summed E-state index contributed by atoms with van der Waals surface area (Å²) in [6.07, 6.45) is 10.7. The van der Waals surface area contributed by atoms with E-state index >= 15 is 0 Å². The Kier molecular flexibility index (Phi) is 13.0. The van der Waals surface area contributed by atoms with Gasteiger partial charge in [0.2, 0.25) is 0 Å². The summed E-state index contributed by atoms with van der Waals surface area (Å²) in [4.78, 5) is 42.2. The number of quaternary nitrogens is 3. The van der Waals surface area contributed by atoms with Gasteiger partial charge < -0.3 is 30.5 Å². The highest BCUT2D eigenvalue weighted by Gasteiger charge is 2.87. The third kappa shape index (κ3) is 7.47. The maximum Gasteiger partial charge on any atom is 0.350 e. The number of unbranched alkanes of at least 4 members (excludes halogenated alkanes) is 1. The van der Waals surface area contributed by atoms with Crippen LogP contribution in [0.1, 0.15) is 97.8 Å². The zero-order valence-electron chi connectivity index (χ0n) is 27.8. The molecule has 0 aromatic heterocycles. The van der Waals surface area contributed by atoms with E-state index in [2.05, 4.69) is 42.2 Å². The van der Waals surface area contributed by atoms with Crippen LogP contribution < -0.4 is 21.3 Å². The minimum atomic E-state index is -1.87. The summed E-state index contributed by atoms with van der Waals surface area (Å²) in [5, 5.41) is 20.8. The predicted octanol–water partition coefficient (Wildman–Crippen LogP) is -0.0958. The van der Waals surface area contributed by atoms with Crippen LogP contribution in [0.2, 0.25) is 0 Å². The van der Waals surface area contributed by atoms with Crippen LogP contribution in [-0.2, 0) is 23.9 Å². The number of piperidine rings is 1. The maximum atomic E-state index is 14.2. The van der Waals surface area contributed by atoms with Crippen LogP contribution in [-0.4, -0.2) is 86.6 Å². The van der Waals surface area contributed by atoms with E-state index in [1.165, 1.54) is 0 Å². The molecule has 0 bridgehead atoms. The van der Waals surface area contributed by atoms with Crippen LogP contribution in [0.25, 0.3) is 0 Å². The number of esters is 1. The van der Waals surface area contributed by atoms with Gasteiger partial charge in [-0.2, -0.15) is 0 Å². The van der Waals surface area contributed by atoms with Gasteiger partial charge in [0.15, 0.2) is 17.2 Å². The molecule has 0 aromatic rings. The minimum absolute atomic E-state index is 0.0794. The van der Waals surface area contributed by atoms with E-state index in [1.54, 1.807) is 0 Å². The number of ketones is 2. The number of aliphatic hydroxyl groups is 1. The zero-order chi connectivity index (χ0) is 31.7. The molecular formula is C34H61N4O6+3. The fraction of sp³-hybridized carbons (Fsp3) is 0.853. The third-order valence-electron chi connectivity index (χ3n) is 10.9. The van der Waals surface area contributed by atoms with E-state index in [-0.39, 0.29) is 37.1 Å². The van der Waals surface area contributed by atoms with Crippen LogP contribution in [0.4, 0.5) is 0 Å². The Bertz CT molecular complexity index is 1030. The molecule has 2 aliphatic carbocycles. The first-order valence-electron chi connectivity index (χ1n) is 17.7. The SMILES string of the molecule is CCCC[C@H](C[NH2+]CC)COC(=O)[C@]12O[C@@]1(CC(CO)=C(C)CCC1CC[NH2+]C(NC[NH2+]C)C1)C(=O)C1CCCCC1C2=O. The number of aliphatic hydroxyl groups excluding tert-OH is 1. The number of allylic oxidation sites excluding steroid dienone is 1. The van der Waals surface area contributed by atoms with Crippen LogP contribution in [0.15, 0.2) is 11.1 Å². The smallest absolute Gasteiger partial charge is 0.350 e. The molecule has 10 heteroatoms. The minimum Gasteiger partial charge on any atom is -0.463 e. The molecule has 250 valence electrons. The van der Waals surface area contributed by atoms with Gasteiger partial charge in [0.05, 0.1) is 39.9 Å². The number of epoxide rings is 1. The highest BCUT2D eigenvalue weighted by molar-refractivity contribution is 6.23. The largest absolute Gasteiger partial charge is 0.463 e. The number of ether oxygens (including phenoxy) is 2. The summed E-state index contributed by atoms with van der Waals surface area (Å²) < 4.78 is 12.1. The van der Waals surface area contributed by atoms with Gasteiger partial charge in [0.1, 0.15) is 12.8 Å². The van der Waals surface area contributed by atoms with Crippen molar-refractivity contribution in [2.24, 2.45) is 23.7 Å². The second-order valence-corrected chi connectivity index (χ2v) is 14.0. The number of rotatable bonds is 18. The Hall–Kier alpha value is -1.69. The van der Waals surface area contributed by atoms with Crippen molar-refractivity contribution in [3.8, 4) is 0 Å². The molecule has 4 unspecified atom stereocenters. The molecule has 10 nitrogen and oxygen atoms in total. The average molecular weight is 622 g/mol. The number of nitrogens with one attached hydrogen (secondary N) is 1. The molecule has 4 aliphatic rings. The molecule has 7 atom stereocenters. The van der Waals surface area contributed by atoms with Crippen molar-refractivity contribution in [2.45, 2.75) is 115 Å². The van der Waals surface area contributed by atoms with Crippen LogP contribution in [0.3, 0.4) is 0 Å². The Labute approximate surface area is 264 Å². The van der Waals surface area contributed by atoms with E-state index in [0.717, 1.165) is 89.7 Å². The van der Waals surface area contributed by atoms with Gasteiger partial charge in [-0.25, -0.2) is 10.1 Å². The van der Waals surface area contributed by atoms with Gasteiger partial charge >= 0.3 is 5.97 Å². The average Bonchev–Trinajstić information content (AvgIpc) is 3.75. The summed E-state index contributed by atoms with van der Waals surface area (Å²) in [7, 11) is 2.06. The molecule has 2 saturated carbocycles. The molecule has 0 aromatic carbocycles. The predicted molar refractivity (Wildman–Crippen MR) is 166 cm³/mol. The number of fused-ring (bicyclic) bond motifs is 2. The molecule has 4 fully saturated rings. The van der Waals surface area contributed by atoms with Gasteiger partial charge in [-0.3, -0.25) is 9.59 Å². The first-order chi connectivity index (χ1) is 21.3. The van der Waals surface area contributed by atoms with Gasteiger partial charge in [0.25, 0.3) is 5.60 Å². The quantitative estimate of drug-likeness (QED) is 0.0471. The summed E-state index contributed by atoms with van der Waals surface area (Å²) >= 11 is 0. The third-order valence-corrected chi connectivity index (χ3v) is 10.9. The molecule has 2 heterocycles. The molecule has 4 rings (SSSR count). The zero-order valence-corrected chi connectivity index (χ0v) is 27.8. The lowest BCUT2D eigenvalue weighted by atomic mass is 9.60. The van der Waals surface area contributed by atoms with Crippen molar-refractivity contribution < 1.29 is 44.9 Å². The Morgan fingerprint density at radius 2 is 1.93 bits per heavy atom. The molecule has 2 aliphatic heterocycles. The van der Waals surface area contributed by atoms with Crippen molar-refractivity contribution >= 4 is 17.5 Å². The molecule has 0 radical (unpaired) electrons. The standard InChI is InChI=1S/C34H58N4O6/c1-5-7-10-25(19-36-6-2)21-43-32(42)34-31(41)28-12-9-8-11-27(28)30(40)33(34,44-34)18-26(20-39)23(3)13-14-24-15-16-37-29(17-24)38-22-35-4/h24-25,27-29,35-39H,5-22H2,1-4H3/p+3/t24?,25-,27?,28?,29?,33+,34+/m1/s1. The van der Waals surface area contributed by atoms with Crippen LogP contribution in [0, 0.1) is 23.7 Å². The van der Waals surface area contributed by atoms with E-state index in [0.29, 0.717) is 30.5 Å². The second kappa shape index (κ2) is 16.2. The number of carbonyl (C=O) groups excluding carboxylic acids is 3. The first kappa shape index (κ1) is 35.2. The topological polar surface area (TPSA) is 155 Å². The molecule has 0 spiro atoms. The molecular weight excluding hydrogens is 560 g/mol. The van der Waals surface area contributed by atoms with E-state index < -0.39 is 29.0 Å². The van der Waals surface area contributed by atoms with Crippen molar-refractivity contribution in [2.75, 3.05) is 46.6 Å². The lowest BCUT2D eigenvalue weighted by Gasteiger charge is -2.37. The maximum absolute atomic E-state index is 14.2. The lowest BCUT2D eigenvalue weighted by Crippen LogP contribution is -2.97. The molecule has 2 saturated heterocycles. The van der Waals surface area contributed by atoms with Crippen molar-refractivity contribution in [3.63, 3.8) is 0 Å². The van der Waals surface area contributed by atoms with Gasteiger partial charge in [0, 0.05) is 30.6 Å². The number of hydrogen-bond acceptors (Lipinski definition) is 7. The van der Waals surface area contributed by atoms with Crippen LogP contribution >= 0.6 is 0 Å². The van der Waals surface area contributed by atoms with Crippen molar-refractivity contribution in [3.05, 3.63) is 11.1 Å². The number of hydrogen-bond donors (Lipinski definition) is 5. The monoisotopic (exact) mass is 621 g/mol. The molecule has 44 heavy (non-hydrogen) atoms. The van der Waals surface area contributed by atoms with Gasteiger partial charge in [-0.1, -0.05) is 38.2 Å². The highest BCUT2D eigenvalue weighted by atomic mass is 16.7. The normalized spacial score (nSPS) is 32.8. The molecule has 0 amide bonds. The summed E-state index contributed by atoms with van der Waals surface area (Å²) in [6, 6.07) is 0. The fourth-order valence-corrected chi connectivity index (χ4v) is 8.09.